The smallest absolute Gasteiger partial charge is 0.319 e. The summed E-state index contributed by atoms with van der Waals surface area (Å²) in [6.45, 7) is 5.11. The van der Waals surface area contributed by atoms with Crippen molar-refractivity contribution in [2.24, 2.45) is 5.73 Å². The van der Waals surface area contributed by atoms with Crippen LogP contribution in [0.1, 0.15) is 30.6 Å². The van der Waals surface area contributed by atoms with E-state index in [4.69, 9.17) is 10.5 Å². The Hall–Kier alpha value is -4.18. The highest BCUT2D eigenvalue weighted by Gasteiger charge is 2.23. The number of amides is 3. The first kappa shape index (κ1) is 25.5. The molecule has 2 aliphatic rings. The maximum absolute atomic E-state index is 14.8. The second kappa shape index (κ2) is 11.1. The van der Waals surface area contributed by atoms with Crippen LogP contribution in [0.25, 0.3) is 15.9 Å². The summed E-state index contributed by atoms with van der Waals surface area (Å²) in [6, 6.07) is 7.66. The molecule has 1 saturated heterocycles. The lowest BCUT2D eigenvalue weighted by Gasteiger charge is -2.15. The first-order valence-corrected chi connectivity index (χ1v) is 13.2. The molecule has 196 valence electrons. The van der Waals surface area contributed by atoms with E-state index in [0.29, 0.717) is 35.6 Å². The third kappa shape index (κ3) is 6.03. The van der Waals surface area contributed by atoms with Gasteiger partial charge >= 0.3 is 6.03 Å². The number of pyridine rings is 1. The molecule has 3 amide bonds. The van der Waals surface area contributed by atoms with Gasteiger partial charge in [-0.3, -0.25) is 9.78 Å². The highest BCUT2D eigenvalue weighted by molar-refractivity contribution is 7.20. The molecule has 38 heavy (non-hydrogen) atoms. The summed E-state index contributed by atoms with van der Waals surface area (Å²) >= 11 is 1.38. The molecule has 10 heteroatoms. The van der Waals surface area contributed by atoms with Gasteiger partial charge in [-0.05, 0) is 49.1 Å². The number of aromatic nitrogens is 1. The second-order valence-electron chi connectivity index (χ2n) is 9.24. The fourth-order valence-corrected chi connectivity index (χ4v) is 5.06. The van der Waals surface area contributed by atoms with Crippen LogP contribution in [-0.4, -0.2) is 41.0 Å². The Morgan fingerprint density at radius 1 is 1.26 bits per heavy atom. The number of halogens is 1. The number of benzene rings is 1. The Kier molecular flexibility index (Phi) is 7.41. The lowest BCUT2D eigenvalue weighted by Crippen LogP contribution is -2.30. The number of rotatable bonds is 9. The average Bonchev–Trinajstić information content (AvgIpc) is 3.44. The molecule has 1 aromatic carbocycles. The molecule has 2 aromatic heterocycles. The number of hydrogen-bond donors (Lipinski definition) is 3. The molecule has 8 nitrogen and oxygen atoms in total. The summed E-state index contributed by atoms with van der Waals surface area (Å²) in [5.74, 6) is 0.0207. The van der Waals surface area contributed by atoms with Crippen LogP contribution in [0.2, 0.25) is 0 Å². The third-order valence-electron chi connectivity index (χ3n) is 6.27. The highest BCUT2D eigenvalue weighted by atomic mass is 32.1. The molecule has 0 unspecified atom stereocenters. The molecule has 1 saturated carbocycles. The van der Waals surface area contributed by atoms with E-state index in [1.54, 1.807) is 30.5 Å². The normalized spacial score (nSPS) is 16.1. The van der Waals surface area contributed by atoms with Crippen molar-refractivity contribution >= 4 is 44.9 Å². The number of ether oxygens (including phenoxy) is 1. The van der Waals surface area contributed by atoms with E-state index in [9.17, 15) is 14.0 Å². The molecule has 0 radical (unpaired) electrons. The fourth-order valence-electron chi connectivity index (χ4n) is 4.05. The zero-order chi connectivity index (χ0) is 26.6. The van der Waals surface area contributed by atoms with E-state index >= 15 is 0 Å². The maximum Gasteiger partial charge on any atom is 0.319 e. The second-order valence-corrected chi connectivity index (χ2v) is 10.3. The Bertz CT molecular complexity index is 1460. The van der Waals surface area contributed by atoms with Crippen LogP contribution in [0.15, 0.2) is 66.9 Å². The number of fused-ring (bicyclic) bond motifs is 1. The van der Waals surface area contributed by atoms with Crippen molar-refractivity contribution in [1.29, 1.82) is 0 Å². The van der Waals surface area contributed by atoms with Gasteiger partial charge in [-0.15, -0.1) is 11.3 Å². The standard InChI is InChI=1S/C28H28FN5O3S/c1-2-17(16-34-13-3-4-26(34)35)5-9-21(30)25-15-22-27(38-25)24(11-12-31-22)37-23-10-8-19(14-20(23)29)33-28(36)32-18-6-7-18/h2,5,8-12,14-15,18H,1,3-4,6-7,13,16,30H2,(H2,32,33,36)/b17-5+,21-9-. The zero-order valence-electron chi connectivity index (χ0n) is 20.7. The summed E-state index contributed by atoms with van der Waals surface area (Å²) < 4.78 is 21.4. The Morgan fingerprint density at radius 3 is 2.82 bits per heavy atom. The van der Waals surface area contributed by atoms with Gasteiger partial charge in [0.1, 0.15) is 5.75 Å². The minimum atomic E-state index is -0.603. The lowest BCUT2D eigenvalue weighted by molar-refractivity contribution is -0.127. The molecule has 4 N–H and O–H groups in total. The van der Waals surface area contributed by atoms with Crippen LogP contribution in [0.5, 0.6) is 11.5 Å². The highest BCUT2D eigenvalue weighted by Crippen LogP contribution is 2.37. The number of urea groups is 1. The number of allylic oxidation sites excluding steroid dienone is 2. The minimum absolute atomic E-state index is 0.0270. The number of anilines is 1. The Morgan fingerprint density at radius 2 is 2.11 bits per heavy atom. The Balaban J connectivity index is 1.31. The molecule has 2 fully saturated rings. The lowest BCUT2D eigenvalue weighted by atomic mass is 10.2. The topological polar surface area (TPSA) is 110 Å². The molecule has 0 spiro atoms. The summed E-state index contributed by atoms with van der Waals surface area (Å²) in [5, 5.41) is 5.43. The molecule has 0 bridgehead atoms. The zero-order valence-corrected chi connectivity index (χ0v) is 21.5. The van der Waals surface area contributed by atoms with Gasteiger partial charge in [-0.2, -0.15) is 0 Å². The van der Waals surface area contributed by atoms with Gasteiger partial charge in [0, 0.05) is 55.3 Å². The molecule has 5 rings (SSSR count). The number of thiophene rings is 1. The number of nitrogens with zero attached hydrogens (tertiary/aromatic N) is 2. The van der Waals surface area contributed by atoms with E-state index in [2.05, 4.69) is 22.2 Å². The summed E-state index contributed by atoms with van der Waals surface area (Å²) in [5.41, 5.74) is 8.79. The monoisotopic (exact) mass is 533 g/mol. The summed E-state index contributed by atoms with van der Waals surface area (Å²) in [4.78, 5) is 30.8. The molecular weight excluding hydrogens is 505 g/mol. The van der Waals surface area contributed by atoms with Gasteiger partial charge in [0.25, 0.3) is 0 Å². The first-order chi connectivity index (χ1) is 18.4. The average molecular weight is 534 g/mol. The van der Waals surface area contributed by atoms with E-state index in [0.717, 1.165) is 41.0 Å². The van der Waals surface area contributed by atoms with Crippen molar-refractivity contribution in [3.05, 3.63) is 77.6 Å². The number of carbonyl (C=O) groups is 2. The van der Waals surface area contributed by atoms with Gasteiger partial charge in [0.15, 0.2) is 11.6 Å². The van der Waals surface area contributed by atoms with Crippen LogP contribution in [0, 0.1) is 5.82 Å². The van der Waals surface area contributed by atoms with Crippen molar-refractivity contribution in [3.63, 3.8) is 0 Å². The molecule has 3 aromatic rings. The van der Waals surface area contributed by atoms with E-state index in [1.165, 1.54) is 23.5 Å². The van der Waals surface area contributed by atoms with Gasteiger partial charge in [0.2, 0.25) is 5.91 Å². The fraction of sp³-hybridized carbons (Fsp3) is 0.250. The predicted octanol–water partition coefficient (Wildman–Crippen LogP) is 5.55. The van der Waals surface area contributed by atoms with Crippen molar-refractivity contribution in [1.82, 2.24) is 15.2 Å². The van der Waals surface area contributed by atoms with Crippen LogP contribution in [-0.2, 0) is 4.79 Å². The molecule has 0 atom stereocenters. The Labute approximate surface area is 223 Å². The van der Waals surface area contributed by atoms with Gasteiger partial charge in [-0.1, -0.05) is 18.7 Å². The van der Waals surface area contributed by atoms with E-state index in [-0.39, 0.29) is 23.7 Å². The molecular formula is C28H28FN5O3S. The predicted molar refractivity (Wildman–Crippen MR) is 148 cm³/mol. The SMILES string of the molecule is C=C/C(=C\C=C(/N)c1cc2nccc(Oc3ccc(NC(=O)NC4CC4)cc3F)c2s1)CN1CCCC1=O. The van der Waals surface area contributed by atoms with E-state index < -0.39 is 5.82 Å². The number of likely N-dealkylation sites (tertiary alicyclic amines) is 1. The number of hydrogen-bond acceptors (Lipinski definition) is 6. The van der Waals surface area contributed by atoms with Crippen LogP contribution in [0.4, 0.5) is 14.9 Å². The van der Waals surface area contributed by atoms with Gasteiger partial charge in [0.05, 0.1) is 15.1 Å². The van der Waals surface area contributed by atoms with Crippen molar-refractivity contribution in [2.75, 3.05) is 18.4 Å². The number of nitrogens with one attached hydrogen (secondary N) is 2. The largest absolute Gasteiger partial charge is 0.453 e. The van der Waals surface area contributed by atoms with Crippen LogP contribution >= 0.6 is 11.3 Å². The van der Waals surface area contributed by atoms with Crippen molar-refractivity contribution < 1.29 is 18.7 Å². The first-order valence-electron chi connectivity index (χ1n) is 12.4. The van der Waals surface area contributed by atoms with Crippen molar-refractivity contribution in [3.8, 4) is 11.5 Å². The van der Waals surface area contributed by atoms with E-state index in [1.807, 2.05) is 17.0 Å². The molecule has 1 aliphatic carbocycles. The van der Waals surface area contributed by atoms with Gasteiger partial charge in [-0.25, -0.2) is 9.18 Å². The maximum atomic E-state index is 14.8. The van der Waals surface area contributed by atoms with Crippen LogP contribution in [0.3, 0.4) is 0 Å². The quantitative estimate of drug-likeness (QED) is 0.313. The summed E-state index contributed by atoms with van der Waals surface area (Å²) in [6.07, 6.45) is 10.4. The van der Waals surface area contributed by atoms with Gasteiger partial charge < -0.3 is 26.0 Å². The molecule has 3 heterocycles. The van der Waals surface area contributed by atoms with Crippen molar-refractivity contribution in [2.45, 2.75) is 31.7 Å². The number of nitrogens with two attached hydrogens (primary N) is 1. The third-order valence-corrected chi connectivity index (χ3v) is 7.45. The van der Waals surface area contributed by atoms with Crippen LogP contribution < -0.4 is 21.1 Å². The number of carbonyl (C=O) groups excluding carboxylic acids is 2. The summed E-state index contributed by atoms with van der Waals surface area (Å²) in [7, 11) is 0. The molecule has 1 aliphatic heterocycles. The minimum Gasteiger partial charge on any atom is -0.453 e.